The standard InChI is InChI=1S/C12H20N2O/c1-4-7-14(3)10-11-6-8-15-12(11)9-13-5-2/h4,6,8,13H,1,5,7,9-10H2,2-3H3. The van der Waals surface area contributed by atoms with Crippen LogP contribution >= 0.6 is 0 Å². The summed E-state index contributed by atoms with van der Waals surface area (Å²) in [4.78, 5) is 2.20. The first-order valence-electron chi connectivity index (χ1n) is 5.33. The number of nitrogens with zero attached hydrogens (tertiary/aromatic N) is 1. The van der Waals surface area contributed by atoms with Gasteiger partial charge in [-0.05, 0) is 19.7 Å². The van der Waals surface area contributed by atoms with Crippen molar-refractivity contribution in [3.8, 4) is 0 Å². The van der Waals surface area contributed by atoms with Gasteiger partial charge in [0.05, 0.1) is 12.8 Å². The lowest BCUT2D eigenvalue weighted by Gasteiger charge is -2.13. The lowest BCUT2D eigenvalue weighted by atomic mass is 10.2. The summed E-state index contributed by atoms with van der Waals surface area (Å²) in [5.74, 6) is 1.03. The van der Waals surface area contributed by atoms with Crippen LogP contribution in [-0.4, -0.2) is 25.0 Å². The van der Waals surface area contributed by atoms with Gasteiger partial charge in [0.25, 0.3) is 0 Å². The Kier molecular flexibility index (Phi) is 5.15. The number of likely N-dealkylation sites (N-methyl/N-ethyl adjacent to an activating group) is 1. The highest BCUT2D eigenvalue weighted by Gasteiger charge is 2.07. The van der Waals surface area contributed by atoms with Crippen LogP contribution in [-0.2, 0) is 13.1 Å². The smallest absolute Gasteiger partial charge is 0.122 e. The van der Waals surface area contributed by atoms with Gasteiger partial charge in [-0.25, -0.2) is 0 Å². The van der Waals surface area contributed by atoms with Crippen LogP contribution in [0.15, 0.2) is 29.4 Å². The molecule has 1 rings (SSSR count). The first-order valence-corrected chi connectivity index (χ1v) is 5.33. The Hall–Kier alpha value is -1.06. The third kappa shape index (κ3) is 3.90. The molecule has 0 saturated heterocycles. The quantitative estimate of drug-likeness (QED) is 0.695. The fourth-order valence-corrected chi connectivity index (χ4v) is 1.48. The fourth-order valence-electron chi connectivity index (χ4n) is 1.48. The van der Waals surface area contributed by atoms with E-state index >= 15 is 0 Å². The first kappa shape index (κ1) is 12.0. The maximum Gasteiger partial charge on any atom is 0.122 e. The van der Waals surface area contributed by atoms with Gasteiger partial charge in [-0.3, -0.25) is 4.90 Å². The second kappa shape index (κ2) is 6.43. The van der Waals surface area contributed by atoms with E-state index in [9.17, 15) is 0 Å². The highest BCUT2D eigenvalue weighted by molar-refractivity contribution is 5.16. The Morgan fingerprint density at radius 1 is 1.60 bits per heavy atom. The molecule has 0 spiro atoms. The molecule has 3 nitrogen and oxygen atoms in total. The van der Waals surface area contributed by atoms with E-state index in [0.29, 0.717) is 0 Å². The van der Waals surface area contributed by atoms with E-state index < -0.39 is 0 Å². The van der Waals surface area contributed by atoms with Crippen LogP contribution in [0.5, 0.6) is 0 Å². The average molecular weight is 208 g/mol. The Labute approximate surface area is 91.8 Å². The molecule has 0 saturated carbocycles. The highest BCUT2D eigenvalue weighted by atomic mass is 16.3. The summed E-state index contributed by atoms with van der Waals surface area (Å²) in [7, 11) is 2.08. The Morgan fingerprint density at radius 2 is 2.40 bits per heavy atom. The summed E-state index contributed by atoms with van der Waals surface area (Å²) in [6.07, 6.45) is 3.66. The van der Waals surface area contributed by atoms with Crippen molar-refractivity contribution in [1.29, 1.82) is 0 Å². The van der Waals surface area contributed by atoms with Crippen molar-refractivity contribution in [2.24, 2.45) is 0 Å². The van der Waals surface area contributed by atoms with E-state index in [1.807, 2.05) is 12.1 Å². The molecule has 0 amide bonds. The van der Waals surface area contributed by atoms with Crippen LogP contribution in [0.1, 0.15) is 18.2 Å². The molecule has 1 aromatic heterocycles. The number of rotatable bonds is 7. The molecule has 0 aliphatic rings. The summed E-state index contributed by atoms with van der Waals surface area (Å²) in [5, 5.41) is 3.26. The molecule has 15 heavy (non-hydrogen) atoms. The molecule has 0 fully saturated rings. The molecular formula is C12H20N2O. The lowest BCUT2D eigenvalue weighted by molar-refractivity contribution is 0.357. The van der Waals surface area contributed by atoms with Gasteiger partial charge in [0.1, 0.15) is 5.76 Å². The molecule has 0 aliphatic carbocycles. The van der Waals surface area contributed by atoms with Gasteiger partial charge < -0.3 is 9.73 Å². The van der Waals surface area contributed by atoms with Crippen molar-refractivity contribution in [2.45, 2.75) is 20.0 Å². The van der Waals surface area contributed by atoms with Gasteiger partial charge in [0.2, 0.25) is 0 Å². The normalized spacial score (nSPS) is 10.9. The average Bonchev–Trinajstić information content (AvgIpc) is 2.63. The summed E-state index contributed by atoms with van der Waals surface area (Å²) < 4.78 is 5.43. The van der Waals surface area contributed by atoms with Crippen LogP contribution in [0.25, 0.3) is 0 Å². The Morgan fingerprint density at radius 3 is 3.07 bits per heavy atom. The molecular weight excluding hydrogens is 188 g/mol. The third-order valence-electron chi connectivity index (χ3n) is 2.25. The maximum atomic E-state index is 5.43. The second-order valence-corrected chi connectivity index (χ2v) is 3.63. The van der Waals surface area contributed by atoms with E-state index in [0.717, 1.165) is 31.9 Å². The van der Waals surface area contributed by atoms with Crippen LogP contribution < -0.4 is 5.32 Å². The van der Waals surface area contributed by atoms with Crippen molar-refractivity contribution in [1.82, 2.24) is 10.2 Å². The van der Waals surface area contributed by atoms with Crippen LogP contribution in [0.4, 0.5) is 0 Å². The topological polar surface area (TPSA) is 28.4 Å². The Balaban J connectivity index is 2.52. The maximum absolute atomic E-state index is 5.43. The van der Waals surface area contributed by atoms with Crippen molar-refractivity contribution < 1.29 is 4.42 Å². The molecule has 1 aromatic rings. The fraction of sp³-hybridized carbons (Fsp3) is 0.500. The summed E-state index contributed by atoms with van der Waals surface area (Å²) in [6.45, 7) is 9.38. The van der Waals surface area contributed by atoms with E-state index in [-0.39, 0.29) is 0 Å². The van der Waals surface area contributed by atoms with Gasteiger partial charge in [-0.2, -0.15) is 0 Å². The van der Waals surface area contributed by atoms with Gasteiger partial charge >= 0.3 is 0 Å². The molecule has 1 heterocycles. The van der Waals surface area contributed by atoms with Gasteiger partial charge in [-0.15, -0.1) is 6.58 Å². The van der Waals surface area contributed by atoms with Gasteiger partial charge in [0.15, 0.2) is 0 Å². The third-order valence-corrected chi connectivity index (χ3v) is 2.25. The van der Waals surface area contributed by atoms with Gasteiger partial charge in [-0.1, -0.05) is 13.0 Å². The van der Waals surface area contributed by atoms with Gasteiger partial charge in [0, 0.05) is 18.7 Å². The zero-order valence-corrected chi connectivity index (χ0v) is 9.62. The van der Waals surface area contributed by atoms with E-state index in [4.69, 9.17) is 4.42 Å². The molecule has 0 aromatic carbocycles. The zero-order chi connectivity index (χ0) is 11.1. The minimum atomic E-state index is 0.806. The molecule has 0 unspecified atom stereocenters. The minimum Gasteiger partial charge on any atom is -0.468 e. The number of hydrogen-bond acceptors (Lipinski definition) is 3. The summed E-state index contributed by atoms with van der Waals surface area (Å²) >= 11 is 0. The first-order chi connectivity index (χ1) is 7.27. The predicted molar refractivity (Wildman–Crippen MR) is 62.6 cm³/mol. The van der Waals surface area contributed by atoms with Crippen molar-refractivity contribution >= 4 is 0 Å². The largest absolute Gasteiger partial charge is 0.468 e. The van der Waals surface area contributed by atoms with E-state index in [1.165, 1.54) is 5.56 Å². The lowest BCUT2D eigenvalue weighted by Crippen LogP contribution is -2.19. The molecule has 0 radical (unpaired) electrons. The monoisotopic (exact) mass is 208 g/mol. The van der Waals surface area contributed by atoms with Crippen LogP contribution in [0.2, 0.25) is 0 Å². The molecule has 3 heteroatoms. The van der Waals surface area contributed by atoms with Crippen LogP contribution in [0.3, 0.4) is 0 Å². The Bertz CT molecular complexity index is 294. The summed E-state index contributed by atoms with van der Waals surface area (Å²) in [6, 6.07) is 2.03. The molecule has 1 N–H and O–H groups in total. The van der Waals surface area contributed by atoms with E-state index in [2.05, 4.69) is 30.8 Å². The predicted octanol–water partition coefficient (Wildman–Crippen LogP) is 2.01. The molecule has 0 aliphatic heterocycles. The van der Waals surface area contributed by atoms with Crippen molar-refractivity contribution in [3.63, 3.8) is 0 Å². The number of hydrogen-bond donors (Lipinski definition) is 1. The molecule has 0 atom stereocenters. The highest BCUT2D eigenvalue weighted by Crippen LogP contribution is 2.12. The van der Waals surface area contributed by atoms with E-state index in [1.54, 1.807) is 6.26 Å². The summed E-state index contributed by atoms with van der Waals surface area (Å²) in [5.41, 5.74) is 1.25. The minimum absolute atomic E-state index is 0.806. The molecule has 0 bridgehead atoms. The zero-order valence-electron chi connectivity index (χ0n) is 9.62. The second-order valence-electron chi connectivity index (χ2n) is 3.63. The number of nitrogens with one attached hydrogen (secondary N) is 1. The SMILES string of the molecule is C=CCN(C)Cc1ccoc1CNCC. The van der Waals surface area contributed by atoms with Crippen molar-refractivity contribution in [3.05, 3.63) is 36.3 Å². The number of furan rings is 1. The van der Waals surface area contributed by atoms with Crippen LogP contribution in [0, 0.1) is 0 Å². The van der Waals surface area contributed by atoms with Crippen molar-refractivity contribution in [2.75, 3.05) is 20.1 Å². The molecule has 84 valence electrons.